The first kappa shape index (κ1) is 14.3. The number of nitriles is 1. The summed E-state index contributed by atoms with van der Waals surface area (Å²) < 4.78 is 40.4. The number of likely N-dealkylation sites (N-methyl/N-ethyl adjacent to an activating group) is 1. The van der Waals surface area contributed by atoms with Crippen LogP contribution in [0.5, 0.6) is 0 Å². The lowest BCUT2D eigenvalue weighted by atomic mass is 10.1. The summed E-state index contributed by atoms with van der Waals surface area (Å²) in [5, 5.41) is 9.04. The molecule has 0 unspecified atom stereocenters. The van der Waals surface area contributed by atoms with Gasteiger partial charge in [0.1, 0.15) is 17.4 Å². The van der Waals surface area contributed by atoms with Gasteiger partial charge in [-0.2, -0.15) is 5.26 Å². The highest BCUT2D eigenvalue weighted by molar-refractivity contribution is 5.95. The average Bonchev–Trinajstić information content (AvgIpc) is 2.43. The fraction of sp³-hybridized carbons (Fsp3) is 0.385. The van der Waals surface area contributed by atoms with Crippen LogP contribution in [-0.4, -0.2) is 48.4 Å². The summed E-state index contributed by atoms with van der Waals surface area (Å²) >= 11 is 0. The third-order valence-corrected chi connectivity index (χ3v) is 3.25. The molecular formula is C13H12F3N3O. The maximum absolute atomic E-state index is 13.6. The van der Waals surface area contributed by atoms with Crippen molar-refractivity contribution in [1.82, 2.24) is 9.80 Å². The molecule has 4 nitrogen and oxygen atoms in total. The van der Waals surface area contributed by atoms with Crippen LogP contribution in [0.25, 0.3) is 0 Å². The van der Waals surface area contributed by atoms with E-state index in [1.54, 1.807) is 7.05 Å². The number of carbonyl (C=O) groups is 1. The summed E-state index contributed by atoms with van der Waals surface area (Å²) in [7, 11) is 1.77. The number of rotatable bonds is 1. The molecule has 106 valence electrons. The van der Waals surface area contributed by atoms with Crippen molar-refractivity contribution < 1.29 is 18.0 Å². The fourth-order valence-electron chi connectivity index (χ4n) is 2.14. The zero-order valence-electron chi connectivity index (χ0n) is 10.7. The van der Waals surface area contributed by atoms with Crippen molar-refractivity contribution >= 4 is 5.91 Å². The van der Waals surface area contributed by atoms with E-state index in [2.05, 4.69) is 0 Å². The lowest BCUT2D eigenvalue weighted by Crippen LogP contribution is -2.53. The van der Waals surface area contributed by atoms with Crippen LogP contribution in [0, 0.1) is 28.8 Å². The highest BCUT2D eigenvalue weighted by Crippen LogP contribution is 2.20. The molecule has 1 atom stereocenters. The van der Waals surface area contributed by atoms with E-state index in [9.17, 15) is 18.0 Å². The number of benzene rings is 1. The highest BCUT2D eigenvalue weighted by Gasteiger charge is 2.33. The lowest BCUT2D eigenvalue weighted by Gasteiger charge is -2.36. The summed E-state index contributed by atoms with van der Waals surface area (Å²) in [5.74, 6) is -4.95. The Kier molecular flexibility index (Phi) is 3.95. The predicted molar refractivity (Wildman–Crippen MR) is 64.3 cm³/mol. The van der Waals surface area contributed by atoms with Crippen LogP contribution in [0.15, 0.2) is 12.1 Å². The monoisotopic (exact) mass is 283 g/mol. The first-order chi connectivity index (χ1) is 9.45. The summed E-state index contributed by atoms with van der Waals surface area (Å²) in [5.41, 5.74) is -0.949. The Morgan fingerprint density at radius 2 is 1.95 bits per heavy atom. The van der Waals surface area contributed by atoms with Gasteiger partial charge in [0.15, 0.2) is 11.6 Å². The molecule has 1 amide bonds. The van der Waals surface area contributed by atoms with Crippen LogP contribution in [0.1, 0.15) is 10.4 Å². The van der Waals surface area contributed by atoms with Gasteiger partial charge in [-0.25, -0.2) is 13.2 Å². The van der Waals surface area contributed by atoms with Gasteiger partial charge in [0, 0.05) is 19.6 Å². The number of nitrogens with zero attached hydrogens (tertiary/aromatic N) is 3. The molecule has 0 aromatic heterocycles. The molecule has 0 bridgehead atoms. The molecule has 0 radical (unpaired) electrons. The van der Waals surface area contributed by atoms with Crippen molar-refractivity contribution in [3.8, 4) is 6.07 Å². The summed E-state index contributed by atoms with van der Waals surface area (Å²) in [6, 6.07) is 2.41. The normalized spacial score (nSPS) is 19.8. The number of halogens is 3. The van der Waals surface area contributed by atoms with Crippen LogP contribution < -0.4 is 0 Å². The molecular weight excluding hydrogens is 271 g/mol. The van der Waals surface area contributed by atoms with Crippen LogP contribution in [0.3, 0.4) is 0 Å². The maximum Gasteiger partial charge on any atom is 0.261 e. The van der Waals surface area contributed by atoms with E-state index in [-0.39, 0.29) is 13.1 Å². The molecule has 2 rings (SSSR count). The molecule has 1 aromatic carbocycles. The molecule has 1 fully saturated rings. The number of hydrogen-bond donors (Lipinski definition) is 0. The van der Waals surface area contributed by atoms with Crippen molar-refractivity contribution in [2.24, 2.45) is 0 Å². The van der Waals surface area contributed by atoms with Gasteiger partial charge in [0.2, 0.25) is 0 Å². The Morgan fingerprint density at radius 1 is 1.30 bits per heavy atom. The minimum atomic E-state index is -1.52. The zero-order valence-corrected chi connectivity index (χ0v) is 10.7. The van der Waals surface area contributed by atoms with E-state index in [0.29, 0.717) is 18.7 Å². The predicted octanol–water partition coefficient (Wildman–Crippen LogP) is 1.38. The Balaban J connectivity index is 2.37. The molecule has 1 heterocycles. The number of carbonyl (C=O) groups excluding carboxylic acids is 1. The smallest absolute Gasteiger partial charge is 0.261 e. The molecule has 1 aliphatic rings. The average molecular weight is 283 g/mol. The minimum absolute atomic E-state index is 0.156. The second kappa shape index (κ2) is 5.51. The van der Waals surface area contributed by atoms with Crippen LogP contribution in [0.4, 0.5) is 13.2 Å². The number of amides is 1. The van der Waals surface area contributed by atoms with Gasteiger partial charge in [0.05, 0.1) is 6.07 Å². The van der Waals surface area contributed by atoms with E-state index >= 15 is 0 Å². The first-order valence-corrected chi connectivity index (χ1v) is 5.98. The Bertz CT molecular complexity index is 585. The van der Waals surface area contributed by atoms with Crippen LogP contribution in [-0.2, 0) is 0 Å². The summed E-state index contributed by atoms with van der Waals surface area (Å²) in [6.45, 7) is 0.909. The van der Waals surface area contributed by atoms with E-state index < -0.39 is 35.0 Å². The molecule has 0 N–H and O–H groups in total. The second-order valence-corrected chi connectivity index (χ2v) is 4.62. The van der Waals surface area contributed by atoms with Crippen molar-refractivity contribution in [2.75, 3.05) is 26.7 Å². The summed E-state index contributed by atoms with van der Waals surface area (Å²) in [6.07, 6.45) is 0. The quantitative estimate of drug-likeness (QED) is 0.732. The van der Waals surface area contributed by atoms with Crippen molar-refractivity contribution in [1.29, 1.82) is 5.26 Å². The van der Waals surface area contributed by atoms with Gasteiger partial charge >= 0.3 is 0 Å². The van der Waals surface area contributed by atoms with E-state index in [4.69, 9.17) is 5.26 Å². The topological polar surface area (TPSA) is 47.3 Å². The van der Waals surface area contributed by atoms with Gasteiger partial charge in [-0.3, -0.25) is 4.79 Å². The van der Waals surface area contributed by atoms with Gasteiger partial charge in [-0.15, -0.1) is 0 Å². The number of hydrogen-bond acceptors (Lipinski definition) is 3. The first-order valence-electron chi connectivity index (χ1n) is 5.98. The molecule has 0 saturated carbocycles. The third kappa shape index (κ3) is 2.47. The van der Waals surface area contributed by atoms with Crippen LogP contribution in [0.2, 0.25) is 0 Å². The molecule has 20 heavy (non-hydrogen) atoms. The zero-order chi connectivity index (χ0) is 14.9. The van der Waals surface area contributed by atoms with Gasteiger partial charge in [-0.05, 0) is 19.2 Å². The molecule has 1 saturated heterocycles. The SMILES string of the molecule is CN1CCN(C(=O)c2c(F)ccc(F)c2F)[C@@H](C#N)C1. The third-order valence-electron chi connectivity index (χ3n) is 3.25. The standard InChI is InChI=1S/C13H12F3N3O/c1-18-4-5-19(8(6-17)7-18)13(20)11-9(14)2-3-10(15)12(11)16/h2-3,8H,4-5,7H2,1H3/t8-/m0/s1. The molecule has 1 aromatic rings. The van der Waals surface area contributed by atoms with Crippen molar-refractivity contribution in [2.45, 2.75) is 6.04 Å². The fourth-order valence-corrected chi connectivity index (χ4v) is 2.14. The molecule has 0 aliphatic carbocycles. The van der Waals surface area contributed by atoms with Gasteiger partial charge in [-0.1, -0.05) is 0 Å². The van der Waals surface area contributed by atoms with Crippen molar-refractivity contribution in [3.05, 3.63) is 35.1 Å². The Morgan fingerprint density at radius 3 is 2.60 bits per heavy atom. The molecule has 7 heteroatoms. The van der Waals surface area contributed by atoms with Crippen molar-refractivity contribution in [3.63, 3.8) is 0 Å². The van der Waals surface area contributed by atoms with E-state index in [1.165, 1.54) is 0 Å². The Hall–Kier alpha value is -2.07. The molecule has 1 aliphatic heterocycles. The maximum atomic E-state index is 13.6. The number of piperazine rings is 1. The molecule has 0 spiro atoms. The van der Waals surface area contributed by atoms with E-state index in [0.717, 1.165) is 4.90 Å². The van der Waals surface area contributed by atoms with Gasteiger partial charge < -0.3 is 9.80 Å². The highest BCUT2D eigenvalue weighted by atomic mass is 19.2. The minimum Gasteiger partial charge on any atom is -0.320 e. The lowest BCUT2D eigenvalue weighted by molar-refractivity contribution is 0.0574. The van der Waals surface area contributed by atoms with Crippen LogP contribution >= 0.6 is 0 Å². The van der Waals surface area contributed by atoms with E-state index in [1.807, 2.05) is 11.0 Å². The van der Waals surface area contributed by atoms with Gasteiger partial charge in [0.25, 0.3) is 5.91 Å². The second-order valence-electron chi connectivity index (χ2n) is 4.62. The Labute approximate surface area is 114 Å². The largest absolute Gasteiger partial charge is 0.320 e. The summed E-state index contributed by atoms with van der Waals surface area (Å²) in [4.78, 5) is 15.1.